The lowest BCUT2D eigenvalue weighted by Crippen LogP contribution is -2.37. The van der Waals surface area contributed by atoms with Crippen molar-refractivity contribution in [2.45, 2.75) is 6.42 Å². The molecule has 0 saturated carbocycles. The van der Waals surface area contributed by atoms with Gasteiger partial charge in [0.2, 0.25) is 0 Å². The van der Waals surface area contributed by atoms with E-state index in [1.54, 1.807) is 11.3 Å². The molecular weight excluding hydrogens is 280 g/mol. The van der Waals surface area contributed by atoms with Crippen molar-refractivity contribution in [2.75, 3.05) is 38.6 Å². The predicted octanol–water partition coefficient (Wildman–Crippen LogP) is 1.72. The lowest BCUT2D eigenvalue weighted by atomic mass is 10.3. The van der Waals surface area contributed by atoms with Gasteiger partial charge < -0.3 is 10.5 Å². The van der Waals surface area contributed by atoms with Gasteiger partial charge >= 0.3 is 0 Å². The molecule has 2 aromatic heterocycles. The van der Waals surface area contributed by atoms with Gasteiger partial charge in [-0.2, -0.15) is 0 Å². The van der Waals surface area contributed by atoms with Crippen molar-refractivity contribution in [2.24, 2.45) is 0 Å². The summed E-state index contributed by atoms with van der Waals surface area (Å²) in [5.74, 6) is 0. The van der Waals surface area contributed by atoms with Crippen LogP contribution in [-0.2, 0) is 11.2 Å². The molecule has 0 aliphatic carbocycles. The normalized spacial score (nSPS) is 16.8. The first-order valence-corrected chi connectivity index (χ1v) is 8.03. The highest BCUT2D eigenvalue weighted by Gasteiger charge is 2.12. The molecule has 0 amide bonds. The fraction of sp³-hybridized carbons (Fsp3) is 0.500. The molecule has 7 heteroatoms. The molecule has 3 heterocycles. The minimum absolute atomic E-state index is 0.595. The molecule has 0 spiro atoms. The van der Waals surface area contributed by atoms with Gasteiger partial charge in [-0.05, 0) is 0 Å². The molecule has 0 aromatic carbocycles. The SMILES string of the molecule is Nc1nc(-c2csc(CCN3CCOCC3)n2)cs1. The average molecular weight is 296 g/mol. The van der Waals surface area contributed by atoms with Gasteiger partial charge in [-0.1, -0.05) is 0 Å². The van der Waals surface area contributed by atoms with Gasteiger partial charge in [0.25, 0.3) is 0 Å². The molecule has 19 heavy (non-hydrogen) atoms. The third kappa shape index (κ3) is 3.30. The number of nitrogens with two attached hydrogens (primary N) is 1. The van der Waals surface area contributed by atoms with Crippen molar-refractivity contribution in [1.29, 1.82) is 0 Å². The molecule has 0 bridgehead atoms. The molecule has 1 aliphatic heterocycles. The first kappa shape index (κ1) is 13.0. The summed E-state index contributed by atoms with van der Waals surface area (Å²) in [6, 6.07) is 0. The smallest absolute Gasteiger partial charge is 0.180 e. The number of morpholine rings is 1. The highest BCUT2D eigenvalue weighted by Crippen LogP contribution is 2.24. The summed E-state index contributed by atoms with van der Waals surface area (Å²) in [6.07, 6.45) is 0.990. The third-order valence-electron chi connectivity index (χ3n) is 3.08. The number of aromatic nitrogens is 2. The van der Waals surface area contributed by atoms with E-state index >= 15 is 0 Å². The largest absolute Gasteiger partial charge is 0.379 e. The third-order valence-corrected chi connectivity index (χ3v) is 4.66. The molecule has 1 fully saturated rings. The van der Waals surface area contributed by atoms with Crippen LogP contribution >= 0.6 is 22.7 Å². The second-order valence-corrected chi connectivity index (χ2v) is 6.23. The summed E-state index contributed by atoms with van der Waals surface area (Å²) in [7, 11) is 0. The summed E-state index contributed by atoms with van der Waals surface area (Å²) in [5, 5.41) is 5.77. The maximum Gasteiger partial charge on any atom is 0.180 e. The predicted molar refractivity (Wildman–Crippen MR) is 78.6 cm³/mol. The maximum absolute atomic E-state index is 5.64. The van der Waals surface area contributed by atoms with E-state index < -0.39 is 0 Å². The number of nitrogens with zero attached hydrogens (tertiary/aromatic N) is 3. The Morgan fingerprint density at radius 3 is 2.63 bits per heavy atom. The van der Waals surface area contributed by atoms with Crippen molar-refractivity contribution >= 4 is 27.8 Å². The molecule has 0 radical (unpaired) electrons. The van der Waals surface area contributed by atoms with Crippen LogP contribution in [0.4, 0.5) is 5.13 Å². The van der Waals surface area contributed by atoms with E-state index in [4.69, 9.17) is 10.5 Å². The van der Waals surface area contributed by atoms with Crippen molar-refractivity contribution in [3.8, 4) is 11.4 Å². The summed E-state index contributed by atoms with van der Waals surface area (Å²) in [6.45, 7) is 4.81. The summed E-state index contributed by atoms with van der Waals surface area (Å²) in [4.78, 5) is 11.3. The second kappa shape index (κ2) is 5.96. The van der Waals surface area contributed by atoms with Crippen LogP contribution in [-0.4, -0.2) is 47.7 Å². The van der Waals surface area contributed by atoms with Gasteiger partial charge in [-0.25, -0.2) is 9.97 Å². The number of thiazole rings is 2. The fourth-order valence-electron chi connectivity index (χ4n) is 2.03. The Kier molecular flexibility index (Phi) is 4.07. The Bertz CT molecular complexity index is 533. The van der Waals surface area contributed by atoms with Gasteiger partial charge in [-0.3, -0.25) is 4.90 Å². The highest BCUT2D eigenvalue weighted by molar-refractivity contribution is 7.14. The van der Waals surface area contributed by atoms with Crippen molar-refractivity contribution in [3.63, 3.8) is 0 Å². The summed E-state index contributed by atoms with van der Waals surface area (Å²) >= 11 is 3.15. The molecular formula is C12H16N4OS2. The molecule has 2 N–H and O–H groups in total. The number of nitrogen functional groups attached to an aromatic ring is 1. The van der Waals surface area contributed by atoms with Crippen LogP contribution in [0, 0.1) is 0 Å². The number of ether oxygens (including phenoxy) is 1. The van der Waals surface area contributed by atoms with Gasteiger partial charge in [0, 0.05) is 36.8 Å². The Labute approximate surface area is 120 Å². The molecule has 0 unspecified atom stereocenters. The number of hydrogen-bond acceptors (Lipinski definition) is 7. The molecule has 0 atom stereocenters. The molecule has 3 rings (SSSR count). The zero-order valence-corrected chi connectivity index (χ0v) is 12.2. The van der Waals surface area contributed by atoms with E-state index in [0.29, 0.717) is 5.13 Å². The van der Waals surface area contributed by atoms with Crippen LogP contribution in [0.15, 0.2) is 10.8 Å². The maximum atomic E-state index is 5.64. The fourth-order valence-corrected chi connectivity index (χ4v) is 3.37. The minimum atomic E-state index is 0.595. The van der Waals surface area contributed by atoms with Crippen LogP contribution in [0.1, 0.15) is 5.01 Å². The number of anilines is 1. The molecule has 1 saturated heterocycles. The van der Waals surface area contributed by atoms with Crippen LogP contribution in [0.25, 0.3) is 11.4 Å². The zero-order valence-electron chi connectivity index (χ0n) is 10.5. The van der Waals surface area contributed by atoms with E-state index in [2.05, 4.69) is 20.2 Å². The van der Waals surface area contributed by atoms with Gasteiger partial charge in [-0.15, -0.1) is 22.7 Å². The summed E-state index contributed by atoms with van der Waals surface area (Å²) < 4.78 is 5.34. The first-order chi connectivity index (χ1) is 9.31. The number of rotatable bonds is 4. The van der Waals surface area contributed by atoms with Crippen LogP contribution in [0.5, 0.6) is 0 Å². The number of hydrogen-bond donors (Lipinski definition) is 1. The quantitative estimate of drug-likeness (QED) is 0.931. The zero-order chi connectivity index (χ0) is 13.1. The summed E-state index contributed by atoms with van der Waals surface area (Å²) in [5.41, 5.74) is 7.47. The average Bonchev–Trinajstić information content (AvgIpc) is 3.06. The van der Waals surface area contributed by atoms with Crippen molar-refractivity contribution in [3.05, 3.63) is 15.8 Å². The topological polar surface area (TPSA) is 64.3 Å². The lowest BCUT2D eigenvalue weighted by Gasteiger charge is -2.25. The van der Waals surface area contributed by atoms with Crippen molar-refractivity contribution in [1.82, 2.24) is 14.9 Å². The van der Waals surface area contributed by atoms with Crippen molar-refractivity contribution < 1.29 is 4.74 Å². The molecule has 2 aromatic rings. The molecule has 5 nitrogen and oxygen atoms in total. The van der Waals surface area contributed by atoms with Crippen LogP contribution in [0.3, 0.4) is 0 Å². The van der Waals surface area contributed by atoms with Crippen LogP contribution < -0.4 is 5.73 Å². The molecule has 102 valence electrons. The van der Waals surface area contributed by atoms with E-state index in [0.717, 1.165) is 55.7 Å². The Morgan fingerprint density at radius 2 is 1.89 bits per heavy atom. The minimum Gasteiger partial charge on any atom is -0.379 e. The van der Waals surface area contributed by atoms with E-state index in [-0.39, 0.29) is 0 Å². The van der Waals surface area contributed by atoms with Gasteiger partial charge in [0.1, 0.15) is 11.4 Å². The highest BCUT2D eigenvalue weighted by atomic mass is 32.1. The van der Waals surface area contributed by atoms with E-state index in [9.17, 15) is 0 Å². The monoisotopic (exact) mass is 296 g/mol. The Morgan fingerprint density at radius 1 is 1.16 bits per heavy atom. The van der Waals surface area contributed by atoms with Gasteiger partial charge in [0.05, 0.1) is 18.2 Å². The molecule has 1 aliphatic rings. The standard InChI is InChI=1S/C12H16N4OS2/c13-12-15-10(8-19-12)9-7-18-11(14-9)1-2-16-3-5-17-6-4-16/h7-8H,1-6H2,(H2,13,15). The van der Waals surface area contributed by atoms with E-state index in [1.807, 2.05) is 5.38 Å². The lowest BCUT2D eigenvalue weighted by molar-refractivity contribution is 0.0384. The Hall–Kier alpha value is -1.02. The van der Waals surface area contributed by atoms with E-state index in [1.165, 1.54) is 11.3 Å². The van der Waals surface area contributed by atoms with Crippen LogP contribution in [0.2, 0.25) is 0 Å². The second-order valence-electron chi connectivity index (χ2n) is 4.40. The van der Waals surface area contributed by atoms with Gasteiger partial charge in [0.15, 0.2) is 5.13 Å². The first-order valence-electron chi connectivity index (χ1n) is 6.27. The Balaban J connectivity index is 1.58.